The van der Waals surface area contributed by atoms with Crippen LogP contribution in [0.2, 0.25) is 0 Å². The van der Waals surface area contributed by atoms with Crippen LogP contribution in [-0.2, 0) is 28.9 Å². The van der Waals surface area contributed by atoms with Gasteiger partial charge in [0.1, 0.15) is 29.3 Å². The van der Waals surface area contributed by atoms with Crippen molar-refractivity contribution in [2.75, 3.05) is 27.9 Å². The van der Waals surface area contributed by atoms with Gasteiger partial charge in [0.25, 0.3) is 0 Å². The molecule has 0 saturated carbocycles. The summed E-state index contributed by atoms with van der Waals surface area (Å²) < 4.78 is 45.5. The number of rotatable bonds is 11. The highest BCUT2D eigenvalue weighted by atomic mass is 31.1. The van der Waals surface area contributed by atoms with Crippen LogP contribution in [0.4, 0.5) is 0 Å². The van der Waals surface area contributed by atoms with E-state index in [0.717, 1.165) is 28.2 Å². The maximum atomic E-state index is 11.4. The summed E-state index contributed by atoms with van der Waals surface area (Å²) in [5.41, 5.74) is 1.59. The smallest absolute Gasteiger partial charge is 0.497 e. The van der Waals surface area contributed by atoms with Crippen molar-refractivity contribution in [3.05, 3.63) is 95.6 Å². The minimum atomic E-state index is -2.81. The van der Waals surface area contributed by atoms with Crippen molar-refractivity contribution in [3.63, 3.8) is 0 Å². The molecule has 1 N–H and O–H groups in total. The average Bonchev–Trinajstić information content (AvgIpc) is 3.31. The Kier molecular flexibility index (Phi) is 8.69. The van der Waals surface area contributed by atoms with Crippen LogP contribution in [0.1, 0.15) is 23.1 Å². The van der Waals surface area contributed by atoms with Crippen LogP contribution in [0, 0.1) is 0 Å². The van der Waals surface area contributed by atoms with Gasteiger partial charge in [-0.2, -0.15) is 0 Å². The van der Waals surface area contributed by atoms with E-state index in [0.29, 0.717) is 6.42 Å². The number of methoxy groups -OCH3 is 3. The summed E-state index contributed by atoms with van der Waals surface area (Å²) >= 11 is 0. The Morgan fingerprint density at radius 1 is 0.861 bits per heavy atom. The van der Waals surface area contributed by atoms with E-state index in [2.05, 4.69) is 0 Å². The molecule has 0 bridgehead atoms. The SMILES string of the molecule is COc1ccc(C(OC[C@H]2O[C@H](OC)C[C@@H]2O[P+](=O)O)(c2ccccc2)c2ccc(OC)cc2)cc1. The van der Waals surface area contributed by atoms with Crippen molar-refractivity contribution < 1.29 is 37.7 Å². The van der Waals surface area contributed by atoms with E-state index in [1.54, 1.807) is 14.2 Å². The molecule has 8 nitrogen and oxygen atoms in total. The van der Waals surface area contributed by atoms with Crippen LogP contribution < -0.4 is 9.47 Å². The molecule has 3 aromatic rings. The first-order chi connectivity index (χ1) is 17.5. The van der Waals surface area contributed by atoms with Crippen LogP contribution in [0.25, 0.3) is 0 Å². The lowest BCUT2D eigenvalue weighted by Crippen LogP contribution is -2.38. The predicted molar refractivity (Wildman–Crippen MR) is 133 cm³/mol. The van der Waals surface area contributed by atoms with E-state index in [-0.39, 0.29) is 6.61 Å². The Bertz CT molecular complexity index is 1070. The fourth-order valence-corrected chi connectivity index (χ4v) is 4.94. The molecule has 1 unspecified atom stereocenters. The second-order valence-corrected chi connectivity index (χ2v) is 8.96. The van der Waals surface area contributed by atoms with Gasteiger partial charge in [-0.15, -0.1) is 9.42 Å². The molecule has 0 aliphatic carbocycles. The molecular weight excluding hydrogens is 483 g/mol. The molecule has 4 atom stereocenters. The highest BCUT2D eigenvalue weighted by Crippen LogP contribution is 2.42. The predicted octanol–water partition coefficient (Wildman–Crippen LogP) is 4.81. The first-order valence-corrected chi connectivity index (χ1v) is 12.6. The van der Waals surface area contributed by atoms with Gasteiger partial charge >= 0.3 is 8.25 Å². The lowest BCUT2D eigenvalue weighted by molar-refractivity contribution is -0.143. The molecule has 1 aliphatic heterocycles. The third-order valence-electron chi connectivity index (χ3n) is 6.29. The highest BCUT2D eigenvalue weighted by Gasteiger charge is 2.45. The van der Waals surface area contributed by atoms with E-state index in [9.17, 15) is 9.46 Å². The van der Waals surface area contributed by atoms with Crippen molar-refractivity contribution in [2.45, 2.75) is 30.5 Å². The number of benzene rings is 3. The second-order valence-electron chi connectivity index (χ2n) is 8.27. The fourth-order valence-electron chi connectivity index (χ4n) is 4.49. The molecule has 0 amide bonds. The van der Waals surface area contributed by atoms with Crippen molar-refractivity contribution in [3.8, 4) is 11.5 Å². The van der Waals surface area contributed by atoms with Crippen LogP contribution in [-0.4, -0.2) is 51.3 Å². The molecule has 190 valence electrons. The third kappa shape index (κ3) is 5.60. The van der Waals surface area contributed by atoms with Gasteiger partial charge in [0.15, 0.2) is 6.29 Å². The molecule has 0 aromatic heterocycles. The molecule has 3 aromatic carbocycles. The number of hydrogen-bond acceptors (Lipinski definition) is 7. The summed E-state index contributed by atoms with van der Waals surface area (Å²) in [6.07, 6.45) is -1.54. The molecule has 9 heteroatoms. The quantitative estimate of drug-likeness (QED) is 0.289. The van der Waals surface area contributed by atoms with Gasteiger partial charge in [-0.1, -0.05) is 54.6 Å². The molecule has 1 saturated heterocycles. The summed E-state index contributed by atoms with van der Waals surface area (Å²) in [7, 11) is 1.95. The summed E-state index contributed by atoms with van der Waals surface area (Å²) in [4.78, 5) is 9.38. The summed E-state index contributed by atoms with van der Waals surface area (Å²) in [5, 5.41) is 0. The molecule has 0 radical (unpaired) electrons. The van der Waals surface area contributed by atoms with Gasteiger partial charge in [-0.05, 0) is 41.0 Å². The van der Waals surface area contributed by atoms with Gasteiger partial charge in [-0.3, -0.25) is 0 Å². The van der Waals surface area contributed by atoms with Crippen molar-refractivity contribution >= 4 is 8.25 Å². The lowest BCUT2D eigenvalue weighted by Gasteiger charge is -2.37. The normalized spacial score (nSPS) is 20.2. The molecule has 4 rings (SSSR count). The monoisotopic (exact) mass is 513 g/mol. The van der Waals surface area contributed by atoms with E-state index in [1.807, 2.05) is 78.9 Å². The minimum Gasteiger partial charge on any atom is -0.497 e. The Hall–Kier alpha value is -2.84. The first kappa shape index (κ1) is 26.2. The molecule has 1 fully saturated rings. The maximum Gasteiger partial charge on any atom is 0.695 e. The number of ether oxygens (including phenoxy) is 5. The largest absolute Gasteiger partial charge is 0.695 e. The van der Waals surface area contributed by atoms with E-state index in [4.69, 9.17) is 28.2 Å². The molecule has 1 heterocycles. The fraction of sp³-hybridized carbons (Fsp3) is 0.333. The topological polar surface area (TPSA) is 92.7 Å². The maximum absolute atomic E-state index is 11.4. The van der Waals surface area contributed by atoms with E-state index >= 15 is 0 Å². The van der Waals surface area contributed by atoms with E-state index in [1.165, 1.54) is 7.11 Å². The molecular formula is C27H30O8P+. The van der Waals surface area contributed by atoms with Crippen LogP contribution in [0.15, 0.2) is 78.9 Å². The van der Waals surface area contributed by atoms with E-state index < -0.39 is 32.4 Å². The lowest BCUT2D eigenvalue weighted by atomic mass is 9.80. The Morgan fingerprint density at radius 2 is 1.39 bits per heavy atom. The molecule has 1 aliphatic rings. The van der Waals surface area contributed by atoms with Crippen LogP contribution in [0.5, 0.6) is 11.5 Å². The summed E-state index contributed by atoms with van der Waals surface area (Å²) in [6, 6.07) is 25.2. The molecule has 36 heavy (non-hydrogen) atoms. The second kappa shape index (κ2) is 11.9. The molecule has 0 spiro atoms. The third-order valence-corrected chi connectivity index (χ3v) is 6.74. The Morgan fingerprint density at radius 3 is 1.86 bits per heavy atom. The average molecular weight is 514 g/mol. The van der Waals surface area contributed by atoms with Gasteiger partial charge in [0, 0.05) is 18.1 Å². The van der Waals surface area contributed by atoms with Crippen molar-refractivity contribution in [1.82, 2.24) is 0 Å². The Labute approximate surface area is 211 Å². The van der Waals surface area contributed by atoms with Gasteiger partial charge in [0.2, 0.25) is 0 Å². The van der Waals surface area contributed by atoms with Crippen molar-refractivity contribution in [1.29, 1.82) is 0 Å². The zero-order chi connectivity index (χ0) is 25.5. The summed E-state index contributed by atoms with van der Waals surface area (Å²) in [5.74, 6) is 1.44. The zero-order valence-corrected chi connectivity index (χ0v) is 21.3. The van der Waals surface area contributed by atoms with Crippen molar-refractivity contribution in [2.24, 2.45) is 0 Å². The number of hydrogen-bond donors (Lipinski definition) is 1. The van der Waals surface area contributed by atoms with Gasteiger partial charge in [-0.25, -0.2) is 0 Å². The van der Waals surface area contributed by atoms with Gasteiger partial charge in [0.05, 0.1) is 20.8 Å². The van der Waals surface area contributed by atoms with Crippen LogP contribution >= 0.6 is 8.25 Å². The minimum absolute atomic E-state index is 0.0701. The van der Waals surface area contributed by atoms with Crippen LogP contribution in [0.3, 0.4) is 0 Å². The zero-order valence-electron chi connectivity index (χ0n) is 20.4. The standard InChI is InChI=1S/C27H29O8P/c1-30-22-13-9-20(10-14-22)27(19-7-5-4-6-8-19,21-11-15-23(31-2)16-12-21)33-18-25-24(35-36(28)29)17-26(32-3)34-25/h4-16,24-26H,17-18H2,1-3H3/p+1/t24-,25+,26-/m0/s1. The first-order valence-electron chi connectivity index (χ1n) is 11.5. The summed E-state index contributed by atoms with van der Waals surface area (Å²) in [6.45, 7) is 0.0701. The highest BCUT2D eigenvalue weighted by molar-refractivity contribution is 7.32. The Balaban J connectivity index is 1.80. The van der Waals surface area contributed by atoms with Gasteiger partial charge < -0.3 is 23.7 Å².